The van der Waals surface area contributed by atoms with E-state index in [2.05, 4.69) is 35.6 Å². The molecule has 1 aromatic heterocycles. The number of likely N-dealkylation sites (N-methyl/N-ethyl adjacent to an activating group) is 1. The molecular formula is C18H19NO2. The van der Waals surface area contributed by atoms with E-state index in [1.54, 1.807) is 0 Å². The van der Waals surface area contributed by atoms with Crippen molar-refractivity contribution in [2.24, 2.45) is 0 Å². The molecule has 3 aromatic rings. The van der Waals surface area contributed by atoms with E-state index in [4.69, 9.17) is 9.15 Å². The van der Waals surface area contributed by atoms with Crippen molar-refractivity contribution in [1.82, 2.24) is 5.32 Å². The standard InChI is InChI=1S/C18H19NO2/c1-19-18(17-7-4-10-20-17)12-8-9-16-14(11-12)13-5-2-3-6-15(13)21-16/h2-3,5-6,8-9,11,17-19H,4,7,10H2,1H3. The van der Waals surface area contributed by atoms with Crippen LogP contribution in [0.5, 0.6) is 0 Å². The molecule has 1 N–H and O–H groups in total. The summed E-state index contributed by atoms with van der Waals surface area (Å²) in [5.41, 5.74) is 3.16. The summed E-state index contributed by atoms with van der Waals surface area (Å²) in [7, 11) is 2.00. The number of fused-ring (bicyclic) bond motifs is 3. The normalized spacial score (nSPS) is 20.3. The molecule has 108 valence electrons. The first-order valence-corrected chi connectivity index (χ1v) is 7.57. The van der Waals surface area contributed by atoms with Crippen LogP contribution in [0.1, 0.15) is 24.4 Å². The van der Waals surface area contributed by atoms with Crippen LogP contribution < -0.4 is 5.32 Å². The molecule has 4 rings (SSSR count). The summed E-state index contributed by atoms with van der Waals surface area (Å²) < 4.78 is 11.8. The Morgan fingerprint density at radius 3 is 2.76 bits per heavy atom. The largest absolute Gasteiger partial charge is 0.456 e. The number of benzene rings is 2. The quantitative estimate of drug-likeness (QED) is 0.787. The number of hydrogen-bond donors (Lipinski definition) is 1. The molecule has 3 nitrogen and oxygen atoms in total. The monoisotopic (exact) mass is 281 g/mol. The van der Waals surface area contributed by atoms with E-state index in [-0.39, 0.29) is 12.1 Å². The molecule has 2 aromatic carbocycles. The lowest BCUT2D eigenvalue weighted by atomic mass is 9.98. The molecule has 2 unspecified atom stereocenters. The molecule has 1 aliphatic rings. The number of para-hydroxylation sites is 1. The van der Waals surface area contributed by atoms with Gasteiger partial charge in [0, 0.05) is 17.4 Å². The van der Waals surface area contributed by atoms with Gasteiger partial charge in [-0.1, -0.05) is 24.3 Å². The second kappa shape index (κ2) is 5.17. The van der Waals surface area contributed by atoms with Crippen molar-refractivity contribution in [2.45, 2.75) is 25.0 Å². The predicted molar refractivity (Wildman–Crippen MR) is 84.5 cm³/mol. The molecule has 0 radical (unpaired) electrons. The van der Waals surface area contributed by atoms with Crippen molar-refractivity contribution in [1.29, 1.82) is 0 Å². The van der Waals surface area contributed by atoms with E-state index in [1.165, 1.54) is 16.3 Å². The van der Waals surface area contributed by atoms with Gasteiger partial charge in [0.25, 0.3) is 0 Å². The molecule has 0 saturated carbocycles. The van der Waals surface area contributed by atoms with Crippen LogP contribution in [0.2, 0.25) is 0 Å². The van der Waals surface area contributed by atoms with E-state index >= 15 is 0 Å². The maximum atomic E-state index is 5.89. The average molecular weight is 281 g/mol. The van der Waals surface area contributed by atoms with Crippen molar-refractivity contribution in [3.05, 3.63) is 48.0 Å². The maximum absolute atomic E-state index is 5.89. The molecule has 2 atom stereocenters. The Balaban J connectivity index is 1.83. The highest BCUT2D eigenvalue weighted by atomic mass is 16.5. The SMILES string of the molecule is CNC(c1ccc2oc3ccccc3c2c1)C1CCCO1. The highest BCUT2D eigenvalue weighted by Crippen LogP contribution is 2.33. The van der Waals surface area contributed by atoms with Crippen molar-refractivity contribution >= 4 is 21.9 Å². The molecule has 1 saturated heterocycles. The van der Waals surface area contributed by atoms with Gasteiger partial charge in [-0.3, -0.25) is 0 Å². The summed E-state index contributed by atoms with van der Waals surface area (Å²) in [6.45, 7) is 0.875. The first-order valence-electron chi connectivity index (χ1n) is 7.57. The van der Waals surface area contributed by atoms with Crippen LogP contribution in [-0.2, 0) is 4.74 Å². The Labute approximate surface area is 123 Å². The number of hydrogen-bond acceptors (Lipinski definition) is 3. The van der Waals surface area contributed by atoms with Crippen LogP contribution >= 0.6 is 0 Å². The van der Waals surface area contributed by atoms with Gasteiger partial charge in [-0.05, 0) is 43.7 Å². The third kappa shape index (κ3) is 2.13. The van der Waals surface area contributed by atoms with Gasteiger partial charge >= 0.3 is 0 Å². The molecule has 2 heterocycles. The molecule has 3 heteroatoms. The maximum Gasteiger partial charge on any atom is 0.135 e. The predicted octanol–water partition coefficient (Wildman–Crippen LogP) is 4.03. The Hall–Kier alpha value is -1.84. The van der Waals surface area contributed by atoms with Crippen LogP contribution in [0, 0.1) is 0 Å². The van der Waals surface area contributed by atoms with Gasteiger partial charge in [-0.15, -0.1) is 0 Å². The summed E-state index contributed by atoms with van der Waals surface area (Å²) in [6.07, 6.45) is 2.54. The Kier molecular flexibility index (Phi) is 3.17. The lowest BCUT2D eigenvalue weighted by molar-refractivity contribution is 0.0808. The minimum absolute atomic E-state index is 0.241. The van der Waals surface area contributed by atoms with Crippen molar-refractivity contribution in [2.75, 3.05) is 13.7 Å². The van der Waals surface area contributed by atoms with Gasteiger partial charge in [0.05, 0.1) is 12.1 Å². The number of rotatable bonds is 3. The molecule has 0 amide bonds. The fourth-order valence-electron chi connectivity index (χ4n) is 3.37. The van der Waals surface area contributed by atoms with Gasteiger partial charge in [0.1, 0.15) is 11.2 Å². The average Bonchev–Trinajstić information content (AvgIpc) is 3.15. The number of nitrogens with one attached hydrogen (secondary N) is 1. The molecular weight excluding hydrogens is 262 g/mol. The molecule has 0 spiro atoms. The van der Waals surface area contributed by atoms with E-state index in [0.717, 1.165) is 30.6 Å². The van der Waals surface area contributed by atoms with Gasteiger partial charge in [0.2, 0.25) is 0 Å². The third-order valence-corrected chi connectivity index (χ3v) is 4.41. The fourth-order valence-corrected chi connectivity index (χ4v) is 3.37. The molecule has 21 heavy (non-hydrogen) atoms. The summed E-state index contributed by atoms with van der Waals surface area (Å²) in [4.78, 5) is 0. The van der Waals surface area contributed by atoms with E-state index in [9.17, 15) is 0 Å². The van der Waals surface area contributed by atoms with E-state index < -0.39 is 0 Å². The van der Waals surface area contributed by atoms with Crippen molar-refractivity contribution < 1.29 is 9.15 Å². The lowest BCUT2D eigenvalue weighted by Gasteiger charge is -2.22. The summed E-state index contributed by atoms with van der Waals surface area (Å²) in [5, 5.41) is 5.77. The van der Waals surface area contributed by atoms with E-state index in [1.807, 2.05) is 19.2 Å². The van der Waals surface area contributed by atoms with E-state index in [0.29, 0.717) is 0 Å². The Bertz CT molecular complexity index is 771. The smallest absolute Gasteiger partial charge is 0.135 e. The number of furan rings is 1. The van der Waals surface area contributed by atoms with Crippen LogP contribution in [0.3, 0.4) is 0 Å². The van der Waals surface area contributed by atoms with Crippen molar-refractivity contribution in [3.8, 4) is 0 Å². The van der Waals surface area contributed by atoms with Gasteiger partial charge in [0.15, 0.2) is 0 Å². The topological polar surface area (TPSA) is 34.4 Å². The summed E-state index contributed by atoms with van der Waals surface area (Å²) >= 11 is 0. The first-order chi connectivity index (χ1) is 10.4. The molecule has 0 aliphatic carbocycles. The fraction of sp³-hybridized carbons (Fsp3) is 0.333. The van der Waals surface area contributed by atoms with Crippen LogP contribution in [0.15, 0.2) is 46.9 Å². The van der Waals surface area contributed by atoms with Crippen LogP contribution in [0.25, 0.3) is 21.9 Å². The summed E-state index contributed by atoms with van der Waals surface area (Å²) in [5.74, 6) is 0. The van der Waals surface area contributed by atoms with Crippen LogP contribution in [0.4, 0.5) is 0 Å². The molecule has 1 fully saturated rings. The highest BCUT2D eigenvalue weighted by Gasteiger charge is 2.26. The van der Waals surface area contributed by atoms with Gasteiger partial charge in [-0.25, -0.2) is 0 Å². The second-order valence-corrected chi connectivity index (χ2v) is 5.67. The number of ether oxygens (including phenoxy) is 1. The minimum atomic E-state index is 0.241. The van der Waals surface area contributed by atoms with Gasteiger partial charge in [-0.2, -0.15) is 0 Å². The van der Waals surface area contributed by atoms with Gasteiger partial charge < -0.3 is 14.5 Å². The summed E-state index contributed by atoms with van der Waals surface area (Å²) in [6, 6.07) is 14.9. The Morgan fingerprint density at radius 1 is 1.10 bits per heavy atom. The molecule has 0 bridgehead atoms. The Morgan fingerprint density at radius 2 is 1.95 bits per heavy atom. The molecule has 1 aliphatic heterocycles. The lowest BCUT2D eigenvalue weighted by Crippen LogP contribution is -2.28. The zero-order valence-electron chi connectivity index (χ0n) is 12.1. The second-order valence-electron chi connectivity index (χ2n) is 5.67. The minimum Gasteiger partial charge on any atom is -0.456 e. The highest BCUT2D eigenvalue weighted by molar-refractivity contribution is 6.05. The first kappa shape index (κ1) is 12.9. The third-order valence-electron chi connectivity index (χ3n) is 4.41. The zero-order valence-corrected chi connectivity index (χ0v) is 12.1. The zero-order chi connectivity index (χ0) is 14.2. The van der Waals surface area contributed by atoms with Crippen molar-refractivity contribution in [3.63, 3.8) is 0 Å². The van der Waals surface area contributed by atoms with Crippen LogP contribution in [-0.4, -0.2) is 19.8 Å².